The molecule has 0 aromatic heterocycles. The van der Waals surface area contributed by atoms with Crippen LogP contribution in [0.3, 0.4) is 0 Å². The van der Waals surface area contributed by atoms with Gasteiger partial charge in [0, 0.05) is 5.02 Å². The lowest BCUT2D eigenvalue weighted by molar-refractivity contribution is 0.306. The molecule has 0 unspecified atom stereocenters. The van der Waals surface area contributed by atoms with Crippen LogP contribution in [0.1, 0.15) is 11.1 Å². The molecule has 0 fully saturated rings. The number of benzene rings is 2. The van der Waals surface area contributed by atoms with Crippen molar-refractivity contribution in [3.8, 4) is 11.5 Å². The summed E-state index contributed by atoms with van der Waals surface area (Å²) in [7, 11) is 1.55. The zero-order valence-corrected chi connectivity index (χ0v) is 11.8. The van der Waals surface area contributed by atoms with Crippen molar-refractivity contribution in [2.45, 2.75) is 6.61 Å². The van der Waals surface area contributed by atoms with E-state index in [1.54, 1.807) is 31.4 Å². The van der Waals surface area contributed by atoms with Gasteiger partial charge in [0.05, 0.1) is 12.7 Å². The van der Waals surface area contributed by atoms with E-state index in [4.69, 9.17) is 32.2 Å². The van der Waals surface area contributed by atoms with Gasteiger partial charge in [-0.1, -0.05) is 23.7 Å². The highest BCUT2D eigenvalue weighted by Crippen LogP contribution is 2.22. The highest BCUT2D eigenvalue weighted by atomic mass is 35.5. The number of hydrogen-bond donors (Lipinski definition) is 2. The Morgan fingerprint density at radius 1 is 1.25 bits per heavy atom. The van der Waals surface area contributed by atoms with E-state index in [0.29, 0.717) is 28.7 Å². The van der Waals surface area contributed by atoms with Crippen LogP contribution in [-0.2, 0) is 6.61 Å². The van der Waals surface area contributed by atoms with Gasteiger partial charge in [-0.05, 0) is 35.9 Å². The molecule has 2 aromatic rings. The van der Waals surface area contributed by atoms with Crippen LogP contribution >= 0.6 is 11.6 Å². The van der Waals surface area contributed by atoms with Crippen LogP contribution in [0.4, 0.5) is 0 Å². The number of rotatable bonds is 5. The van der Waals surface area contributed by atoms with Crippen LogP contribution in [0.5, 0.6) is 11.5 Å². The number of amidine groups is 1. The first-order valence-corrected chi connectivity index (χ1v) is 6.37. The van der Waals surface area contributed by atoms with Gasteiger partial charge in [0.2, 0.25) is 0 Å². The van der Waals surface area contributed by atoms with Crippen molar-refractivity contribution in [3.63, 3.8) is 0 Å². The summed E-state index contributed by atoms with van der Waals surface area (Å²) in [4.78, 5) is 0. The lowest BCUT2D eigenvalue weighted by Gasteiger charge is -2.11. The molecule has 0 heterocycles. The van der Waals surface area contributed by atoms with Gasteiger partial charge in [0.1, 0.15) is 23.9 Å². The second-order valence-electron chi connectivity index (χ2n) is 4.19. The fourth-order valence-electron chi connectivity index (χ4n) is 1.78. The monoisotopic (exact) mass is 290 g/mol. The number of nitrogen functional groups attached to an aromatic ring is 1. The molecule has 0 saturated carbocycles. The van der Waals surface area contributed by atoms with E-state index in [1.807, 2.05) is 18.2 Å². The predicted molar refractivity (Wildman–Crippen MR) is 79.8 cm³/mol. The molecule has 5 heteroatoms. The van der Waals surface area contributed by atoms with Crippen LogP contribution in [0.25, 0.3) is 0 Å². The van der Waals surface area contributed by atoms with Gasteiger partial charge in [-0.25, -0.2) is 0 Å². The van der Waals surface area contributed by atoms with Gasteiger partial charge in [-0.2, -0.15) is 0 Å². The zero-order chi connectivity index (χ0) is 14.5. The molecular weight excluding hydrogens is 276 g/mol. The van der Waals surface area contributed by atoms with E-state index in [-0.39, 0.29) is 5.84 Å². The third-order valence-electron chi connectivity index (χ3n) is 2.76. The van der Waals surface area contributed by atoms with Gasteiger partial charge in [0.15, 0.2) is 0 Å². The molecule has 0 radical (unpaired) electrons. The van der Waals surface area contributed by atoms with Gasteiger partial charge >= 0.3 is 0 Å². The molecule has 0 aliphatic heterocycles. The molecule has 4 nitrogen and oxygen atoms in total. The first kappa shape index (κ1) is 14.2. The Kier molecular flexibility index (Phi) is 4.48. The lowest BCUT2D eigenvalue weighted by Crippen LogP contribution is -2.13. The minimum absolute atomic E-state index is 0.0357. The maximum Gasteiger partial charge on any atom is 0.129 e. The van der Waals surface area contributed by atoms with Gasteiger partial charge < -0.3 is 15.2 Å². The fourth-order valence-corrected chi connectivity index (χ4v) is 1.96. The molecule has 0 spiro atoms. The van der Waals surface area contributed by atoms with Crippen LogP contribution in [0, 0.1) is 5.41 Å². The first-order chi connectivity index (χ1) is 9.60. The Bertz CT molecular complexity index is 629. The number of nitrogens with two attached hydrogens (primary N) is 1. The van der Waals surface area contributed by atoms with E-state index in [2.05, 4.69) is 0 Å². The zero-order valence-electron chi connectivity index (χ0n) is 11.0. The Balaban J connectivity index is 2.14. The molecule has 104 valence electrons. The van der Waals surface area contributed by atoms with E-state index in [9.17, 15) is 0 Å². The van der Waals surface area contributed by atoms with Crippen LogP contribution in [0.15, 0.2) is 42.5 Å². The van der Waals surface area contributed by atoms with Crippen molar-refractivity contribution < 1.29 is 9.47 Å². The number of halogens is 1. The molecule has 20 heavy (non-hydrogen) atoms. The van der Waals surface area contributed by atoms with E-state index in [0.717, 1.165) is 5.56 Å². The lowest BCUT2D eigenvalue weighted by atomic mass is 10.1. The number of hydrogen-bond acceptors (Lipinski definition) is 3. The summed E-state index contributed by atoms with van der Waals surface area (Å²) in [6.45, 7) is 0.366. The van der Waals surface area contributed by atoms with E-state index in [1.165, 1.54) is 0 Å². The Hall–Kier alpha value is -2.20. The van der Waals surface area contributed by atoms with Gasteiger partial charge in [-0.3, -0.25) is 5.41 Å². The topological polar surface area (TPSA) is 68.3 Å². The molecule has 3 N–H and O–H groups in total. The number of nitrogens with one attached hydrogen (secondary N) is 1. The SMILES string of the molecule is COc1ccc(COc2cccc(Cl)c2)cc1C(=N)N. The van der Waals surface area contributed by atoms with Gasteiger partial charge in [-0.15, -0.1) is 0 Å². The minimum atomic E-state index is -0.0357. The molecule has 0 bridgehead atoms. The average molecular weight is 291 g/mol. The van der Waals surface area contributed by atoms with Crippen molar-refractivity contribution >= 4 is 17.4 Å². The third kappa shape index (κ3) is 3.42. The normalized spacial score (nSPS) is 10.1. The second-order valence-corrected chi connectivity index (χ2v) is 4.63. The molecule has 2 rings (SSSR count). The van der Waals surface area contributed by atoms with Crippen molar-refractivity contribution in [2.75, 3.05) is 7.11 Å². The summed E-state index contributed by atoms with van der Waals surface area (Å²) in [6, 6.07) is 12.6. The van der Waals surface area contributed by atoms with Crippen LogP contribution in [0.2, 0.25) is 5.02 Å². The molecular formula is C15H15ClN2O2. The van der Waals surface area contributed by atoms with E-state index < -0.39 is 0 Å². The second kappa shape index (κ2) is 6.30. The Labute approximate surface area is 122 Å². The van der Waals surface area contributed by atoms with Crippen LogP contribution < -0.4 is 15.2 Å². The number of methoxy groups -OCH3 is 1. The number of ether oxygens (including phenoxy) is 2. The summed E-state index contributed by atoms with van der Waals surface area (Å²) in [5.74, 6) is 1.23. The minimum Gasteiger partial charge on any atom is -0.496 e. The Morgan fingerprint density at radius 2 is 2.05 bits per heavy atom. The molecule has 0 amide bonds. The largest absolute Gasteiger partial charge is 0.496 e. The smallest absolute Gasteiger partial charge is 0.129 e. The van der Waals surface area contributed by atoms with Crippen molar-refractivity contribution in [1.29, 1.82) is 5.41 Å². The third-order valence-corrected chi connectivity index (χ3v) is 2.99. The molecule has 0 aliphatic rings. The maximum atomic E-state index is 7.54. The Morgan fingerprint density at radius 3 is 2.70 bits per heavy atom. The quantitative estimate of drug-likeness (QED) is 0.656. The highest BCUT2D eigenvalue weighted by Gasteiger charge is 2.07. The highest BCUT2D eigenvalue weighted by molar-refractivity contribution is 6.30. The molecule has 0 aliphatic carbocycles. The summed E-state index contributed by atoms with van der Waals surface area (Å²) < 4.78 is 10.8. The summed E-state index contributed by atoms with van der Waals surface area (Å²) >= 11 is 5.89. The van der Waals surface area contributed by atoms with Gasteiger partial charge in [0.25, 0.3) is 0 Å². The van der Waals surface area contributed by atoms with Crippen LogP contribution in [-0.4, -0.2) is 12.9 Å². The summed E-state index contributed by atoms with van der Waals surface area (Å²) in [6.07, 6.45) is 0. The maximum absolute atomic E-state index is 7.54. The van der Waals surface area contributed by atoms with Crippen molar-refractivity contribution in [2.24, 2.45) is 5.73 Å². The molecule has 0 saturated heterocycles. The predicted octanol–water partition coefficient (Wildman–Crippen LogP) is 3.21. The summed E-state index contributed by atoms with van der Waals surface area (Å²) in [5, 5.41) is 8.17. The van der Waals surface area contributed by atoms with Crippen molar-refractivity contribution in [1.82, 2.24) is 0 Å². The average Bonchev–Trinajstić information content (AvgIpc) is 2.45. The van der Waals surface area contributed by atoms with E-state index >= 15 is 0 Å². The fraction of sp³-hybridized carbons (Fsp3) is 0.133. The molecule has 0 atom stereocenters. The first-order valence-electron chi connectivity index (χ1n) is 6.00. The van der Waals surface area contributed by atoms with Crippen molar-refractivity contribution in [3.05, 3.63) is 58.6 Å². The molecule has 2 aromatic carbocycles. The standard InChI is InChI=1S/C15H15ClN2O2/c1-19-14-6-5-10(7-13(14)15(17)18)9-20-12-4-2-3-11(16)8-12/h2-8H,9H2,1H3,(H3,17,18). The summed E-state index contributed by atoms with van der Waals surface area (Å²) in [5.41, 5.74) is 6.99.